The monoisotopic (exact) mass is 509 g/mol. The number of aromatic nitrogens is 2. The number of thiophene rings is 1. The molecule has 120 valence electrons. The summed E-state index contributed by atoms with van der Waals surface area (Å²) < 4.78 is 0. The van der Waals surface area contributed by atoms with Crippen molar-refractivity contribution in [1.82, 2.24) is 9.97 Å². The number of rotatable bonds is 2. The van der Waals surface area contributed by atoms with Gasteiger partial charge in [-0.25, -0.2) is 11.3 Å². The van der Waals surface area contributed by atoms with E-state index >= 15 is 0 Å². The van der Waals surface area contributed by atoms with Crippen LogP contribution < -0.4 is 0 Å². The van der Waals surface area contributed by atoms with E-state index in [0.717, 1.165) is 21.8 Å². The van der Waals surface area contributed by atoms with E-state index in [9.17, 15) is 0 Å². The van der Waals surface area contributed by atoms with Gasteiger partial charge in [0.1, 0.15) is 0 Å². The molecule has 3 aromatic heterocycles. The first-order valence-electron chi connectivity index (χ1n) is 7.18. The minimum Gasteiger partial charge on any atom is -0.319 e. The number of benzene rings is 1. The predicted molar refractivity (Wildman–Crippen MR) is 94.9 cm³/mol. The van der Waals surface area contributed by atoms with Gasteiger partial charge in [-0.05, 0) is 23.5 Å². The van der Waals surface area contributed by atoms with E-state index in [1.54, 1.807) is 23.7 Å². The van der Waals surface area contributed by atoms with Crippen molar-refractivity contribution in [2.24, 2.45) is 0 Å². The summed E-state index contributed by atoms with van der Waals surface area (Å²) in [6.07, 6.45) is 3.58. The average molecular weight is 509 g/mol. The summed E-state index contributed by atoms with van der Waals surface area (Å²) in [6.45, 7) is 0. The minimum atomic E-state index is 0. The first kappa shape index (κ1) is 18.2. The maximum absolute atomic E-state index is 4.22. The molecule has 24 heavy (non-hydrogen) atoms. The van der Waals surface area contributed by atoms with Crippen LogP contribution in [-0.2, 0) is 21.1 Å². The van der Waals surface area contributed by atoms with Crippen LogP contribution in [0.5, 0.6) is 0 Å². The van der Waals surface area contributed by atoms with Crippen molar-refractivity contribution in [2.75, 3.05) is 0 Å². The Kier molecular flexibility index (Phi) is 7.54. The molecule has 3 heterocycles. The van der Waals surface area contributed by atoms with Gasteiger partial charge in [0.2, 0.25) is 0 Å². The van der Waals surface area contributed by atoms with Crippen LogP contribution in [0.3, 0.4) is 0 Å². The molecule has 4 rings (SSSR count). The fourth-order valence-corrected chi connectivity index (χ4v) is 2.60. The number of pyridine rings is 2. The van der Waals surface area contributed by atoms with Gasteiger partial charge in [0.15, 0.2) is 0 Å². The summed E-state index contributed by atoms with van der Waals surface area (Å²) >= 11 is 1.66. The summed E-state index contributed by atoms with van der Waals surface area (Å²) in [7, 11) is 0. The third kappa shape index (κ3) is 5.23. The smallest absolute Gasteiger partial charge is 0.319 e. The molecule has 0 atom stereocenters. The Morgan fingerprint density at radius 2 is 1.42 bits per heavy atom. The fourth-order valence-electron chi connectivity index (χ4n) is 1.95. The number of hydrogen-bond acceptors (Lipinski definition) is 3. The van der Waals surface area contributed by atoms with Crippen molar-refractivity contribution in [3.8, 4) is 21.8 Å². The number of nitrogens with zero attached hydrogens (tertiary/aromatic N) is 2. The molecule has 0 aliphatic rings. The molecule has 0 aliphatic carbocycles. The molecule has 1 aromatic carbocycles. The van der Waals surface area contributed by atoms with E-state index in [1.165, 1.54) is 0 Å². The van der Waals surface area contributed by atoms with Crippen LogP contribution in [0.4, 0.5) is 0 Å². The molecular formula is C20H14N2PtS. The second kappa shape index (κ2) is 9.92. The molecule has 2 nitrogen and oxygen atoms in total. The summed E-state index contributed by atoms with van der Waals surface area (Å²) in [5.41, 5.74) is 3.01. The van der Waals surface area contributed by atoms with Crippen molar-refractivity contribution in [3.05, 3.63) is 96.6 Å². The first-order chi connectivity index (χ1) is 11.4. The third-order valence-corrected chi connectivity index (χ3v) is 3.85. The van der Waals surface area contributed by atoms with Gasteiger partial charge < -0.3 is 9.97 Å². The van der Waals surface area contributed by atoms with Crippen LogP contribution in [0.2, 0.25) is 0 Å². The van der Waals surface area contributed by atoms with Gasteiger partial charge in [0.05, 0.1) is 0 Å². The molecule has 0 aliphatic heterocycles. The Bertz CT molecular complexity index is 767. The largest absolute Gasteiger partial charge is 2.00 e. The Balaban J connectivity index is 0.000000167. The standard InChI is InChI=1S/C11H8N.C9H6NS.Pt/c1-2-6-10(7-3-1)11-8-4-5-9-12-11;1-2-6-10-8(4-1)9-5-3-7-11-9;/h1-6,8-9H;1-4,6-7H;/q2*-1;+2. The zero-order valence-corrected chi connectivity index (χ0v) is 15.8. The van der Waals surface area contributed by atoms with Crippen molar-refractivity contribution in [3.63, 3.8) is 0 Å². The molecule has 0 unspecified atom stereocenters. The molecule has 4 heteroatoms. The molecule has 0 spiro atoms. The third-order valence-electron chi connectivity index (χ3n) is 3.02. The maximum atomic E-state index is 4.22. The zero-order chi connectivity index (χ0) is 15.7. The Morgan fingerprint density at radius 1 is 0.708 bits per heavy atom. The fraction of sp³-hybridized carbons (Fsp3) is 0. The zero-order valence-electron chi connectivity index (χ0n) is 12.7. The SMILES string of the molecule is [Pt+2].[c-]1ccccc1-c1ccccn1.[c-]1ccsc1-c1ccccn1. The first-order valence-corrected chi connectivity index (χ1v) is 8.06. The van der Waals surface area contributed by atoms with Crippen LogP contribution in [0.25, 0.3) is 21.8 Å². The molecule has 0 radical (unpaired) electrons. The van der Waals surface area contributed by atoms with E-state index in [1.807, 2.05) is 72.1 Å². The van der Waals surface area contributed by atoms with Crippen LogP contribution in [-0.4, -0.2) is 9.97 Å². The quantitative estimate of drug-likeness (QED) is 0.349. The van der Waals surface area contributed by atoms with E-state index in [-0.39, 0.29) is 21.1 Å². The van der Waals surface area contributed by atoms with E-state index in [4.69, 9.17) is 0 Å². The van der Waals surface area contributed by atoms with Gasteiger partial charge in [-0.2, -0.15) is 12.1 Å². The second-order valence-corrected chi connectivity index (χ2v) is 5.52. The topological polar surface area (TPSA) is 25.8 Å². The van der Waals surface area contributed by atoms with Gasteiger partial charge in [-0.15, -0.1) is 41.3 Å². The summed E-state index contributed by atoms with van der Waals surface area (Å²) in [5, 5.41) is 2.00. The molecule has 0 bridgehead atoms. The summed E-state index contributed by atoms with van der Waals surface area (Å²) in [5.74, 6) is 0. The Morgan fingerprint density at radius 3 is 1.96 bits per heavy atom. The van der Waals surface area contributed by atoms with Crippen LogP contribution in [0.15, 0.2) is 84.5 Å². The molecule has 0 amide bonds. The van der Waals surface area contributed by atoms with E-state index < -0.39 is 0 Å². The van der Waals surface area contributed by atoms with Gasteiger partial charge in [0, 0.05) is 12.4 Å². The van der Waals surface area contributed by atoms with Crippen molar-refractivity contribution >= 4 is 11.3 Å². The van der Waals surface area contributed by atoms with Crippen LogP contribution >= 0.6 is 11.3 Å². The van der Waals surface area contributed by atoms with E-state index in [2.05, 4.69) is 22.1 Å². The number of hydrogen-bond donors (Lipinski definition) is 0. The minimum absolute atomic E-state index is 0. The van der Waals surface area contributed by atoms with Crippen LogP contribution in [0.1, 0.15) is 0 Å². The van der Waals surface area contributed by atoms with Crippen molar-refractivity contribution in [1.29, 1.82) is 0 Å². The Hall–Kier alpha value is -2.09. The van der Waals surface area contributed by atoms with Gasteiger partial charge in [0.25, 0.3) is 0 Å². The van der Waals surface area contributed by atoms with Crippen LogP contribution in [0, 0.1) is 12.1 Å². The van der Waals surface area contributed by atoms with Gasteiger partial charge >= 0.3 is 21.1 Å². The molecule has 0 fully saturated rings. The molecule has 0 saturated carbocycles. The summed E-state index contributed by atoms with van der Waals surface area (Å²) in [4.78, 5) is 9.52. The molecular weight excluding hydrogens is 495 g/mol. The van der Waals surface area contributed by atoms with Gasteiger partial charge in [-0.1, -0.05) is 29.1 Å². The van der Waals surface area contributed by atoms with E-state index in [0.29, 0.717) is 0 Å². The average Bonchev–Trinajstić information content (AvgIpc) is 3.19. The second-order valence-electron chi connectivity index (χ2n) is 4.60. The molecule has 0 saturated heterocycles. The maximum Gasteiger partial charge on any atom is 2.00 e. The summed E-state index contributed by atoms with van der Waals surface area (Å²) in [6, 6.07) is 27.7. The Labute approximate surface area is 160 Å². The van der Waals surface area contributed by atoms with Crippen molar-refractivity contribution in [2.45, 2.75) is 0 Å². The van der Waals surface area contributed by atoms with Crippen molar-refractivity contribution < 1.29 is 21.1 Å². The molecule has 0 N–H and O–H groups in total. The van der Waals surface area contributed by atoms with Gasteiger partial charge in [-0.3, -0.25) is 0 Å². The molecule has 4 aromatic rings. The normalized spacial score (nSPS) is 9.33. The predicted octanol–water partition coefficient (Wildman–Crippen LogP) is 5.16.